The monoisotopic (exact) mass is 186 g/mol. The molecular formula is C10H12F2O. The van der Waals surface area contributed by atoms with Crippen molar-refractivity contribution in [3.63, 3.8) is 0 Å². The van der Waals surface area contributed by atoms with E-state index in [0.717, 1.165) is 0 Å². The Morgan fingerprint density at radius 1 is 1.31 bits per heavy atom. The van der Waals surface area contributed by atoms with E-state index in [0.29, 0.717) is 12.0 Å². The molecule has 0 aromatic heterocycles. The fourth-order valence-electron chi connectivity index (χ4n) is 1.26. The van der Waals surface area contributed by atoms with Gasteiger partial charge in [-0.2, -0.15) is 0 Å². The van der Waals surface area contributed by atoms with E-state index in [1.165, 1.54) is 12.1 Å². The molecular weight excluding hydrogens is 174 g/mol. The Labute approximate surface area is 76.0 Å². The summed E-state index contributed by atoms with van der Waals surface area (Å²) >= 11 is 0. The Morgan fingerprint density at radius 2 is 2.00 bits per heavy atom. The molecule has 0 radical (unpaired) electrons. The third-order valence-corrected chi connectivity index (χ3v) is 2.01. The summed E-state index contributed by atoms with van der Waals surface area (Å²) in [6.07, 6.45) is 0.566. The number of hydrogen-bond donors (Lipinski definition) is 1. The van der Waals surface area contributed by atoms with Crippen LogP contribution in [0.1, 0.15) is 18.1 Å². The third kappa shape index (κ3) is 2.04. The van der Waals surface area contributed by atoms with Crippen molar-refractivity contribution in [2.45, 2.75) is 19.8 Å². The second-order valence-electron chi connectivity index (χ2n) is 2.83. The maximum Gasteiger partial charge on any atom is 0.132 e. The molecule has 13 heavy (non-hydrogen) atoms. The zero-order valence-corrected chi connectivity index (χ0v) is 7.48. The Kier molecular flexibility index (Phi) is 3.37. The Balaban J connectivity index is 3.13. The normalized spacial score (nSPS) is 10.5. The summed E-state index contributed by atoms with van der Waals surface area (Å²) in [5, 5.41) is 8.60. The zero-order chi connectivity index (χ0) is 9.84. The predicted molar refractivity (Wildman–Crippen MR) is 46.5 cm³/mol. The van der Waals surface area contributed by atoms with E-state index in [2.05, 4.69) is 0 Å². The summed E-state index contributed by atoms with van der Waals surface area (Å²) in [6, 6.07) is 2.68. The zero-order valence-electron chi connectivity index (χ0n) is 7.48. The van der Waals surface area contributed by atoms with Crippen molar-refractivity contribution in [1.29, 1.82) is 0 Å². The van der Waals surface area contributed by atoms with Gasteiger partial charge < -0.3 is 5.11 Å². The summed E-state index contributed by atoms with van der Waals surface area (Å²) < 4.78 is 26.4. The number of hydrogen-bond acceptors (Lipinski definition) is 1. The molecule has 1 N–H and O–H groups in total. The van der Waals surface area contributed by atoms with Crippen molar-refractivity contribution in [3.05, 3.63) is 34.9 Å². The van der Waals surface area contributed by atoms with Crippen LogP contribution in [0.5, 0.6) is 0 Å². The molecule has 0 aliphatic heterocycles. The average molecular weight is 186 g/mol. The molecule has 0 aliphatic carbocycles. The van der Waals surface area contributed by atoms with Gasteiger partial charge in [0, 0.05) is 18.6 Å². The van der Waals surface area contributed by atoms with Gasteiger partial charge in [-0.05, 0) is 18.1 Å². The van der Waals surface area contributed by atoms with Crippen LogP contribution < -0.4 is 0 Å². The molecule has 1 rings (SSSR count). The summed E-state index contributed by atoms with van der Waals surface area (Å²) in [5.41, 5.74) is 0.478. The highest BCUT2D eigenvalue weighted by Crippen LogP contribution is 2.17. The van der Waals surface area contributed by atoms with Crippen LogP contribution in [0.15, 0.2) is 12.1 Å². The van der Waals surface area contributed by atoms with Gasteiger partial charge in [0.25, 0.3) is 0 Å². The molecule has 1 aromatic carbocycles. The minimum atomic E-state index is -0.580. The highest BCUT2D eigenvalue weighted by Gasteiger charge is 2.11. The van der Waals surface area contributed by atoms with Crippen LogP contribution in [-0.4, -0.2) is 11.7 Å². The van der Waals surface area contributed by atoms with Crippen molar-refractivity contribution in [2.24, 2.45) is 0 Å². The van der Waals surface area contributed by atoms with Gasteiger partial charge in [-0.15, -0.1) is 0 Å². The molecule has 0 saturated heterocycles. The highest BCUT2D eigenvalue weighted by molar-refractivity contribution is 5.27. The lowest BCUT2D eigenvalue weighted by Crippen LogP contribution is -2.02. The molecule has 1 aromatic rings. The number of aliphatic hydroxyl groups excluding tert-OH is 1. The molecule has 0 bridgehead atoms. The van der Waals surface area contributed by atoms with Gasteiger partial charge >= 0.3 is 0 Å². The van der Waals surface area contributed by atoms with E-state index >= 15 is 0 Å². The quantitative estimate of drug-likeness (QED) is 0.766. The van der Waals surface area contributed by atoms with Crippen LogP contribution in [-0.2, 0) is 12.8 Å². The van der Waals surface area contributed by atoms with Crippen LogP contribution in [0, 0.1) is 11.6 Å². The molecule has 0 unspecified atom stereocenters. The van der Waals surface area contributed by atoms with Gasteiger partial charge in [0.2, 0.25) is 0 Å². The van der Waals surface area contributed by atoms with E-state index in [-0.39, 0.29) is 18.6 Å². The number of rotatable bonds is 3. The Hall–Kier alpha value is -0.960. The van der Waals surface area contributed by atoms with Gasteiger partial charge in [0.05, 0.1) is 0 Å². The van der Waals surface area contributed by atoms with Gasteiger partial charge in [0.1, 0.15) is 11.6 Å². The van der Waals surface area contributed by atoms with Crippen molar-refractivity contribution in [1.82, 2.24) is 0 Å². The fraction of sp³-hybridized carbons (Fsp3) is 0.400. The van der Waals surface area contributed by atoms with Crippen molar-refractivity contribution >= 4 is 0 Å². The van der Waals surface area contributed by atoms with Crippen LogP contribution >= 0.6 is 0 Å². The molecule has 0 fully saturated rings. The molecule has 1 nitrogen and oxygen atoms in total. The van der Waals surface area contributed by atoms with E-state index < -0.39 is 11.6 Å². The van der Waals surface area contributed by atoms with Gasteiger partial charge in [-0.3, -0.25) is 0 Å². The number of aryl methyl sites for hydroxylation is 1. The van der Waals surface area contributed by atoms with Crippen LogP contribution in [0.4, 0.5) is 8.78 Å². The fourth-order valence-corrected chi connectivity index (χ4v) is 1.26. The van der Waals surface area contributed by atoms with Gasteiger partial charge in [-0.25, -0.2) is 8.78 Å². The van der Waals surface area contributed by atoms with Gasteiger partial charge in [0.15, 0.2) is 0 Å². The molecule has 0 amide bonds. The first-order valence-corrected chi connectivity index (χ1v) is 4.27. The minimum Gasteiger partial charge on any atom is -0.396 e. The van der Waals surface area contributed by atoms with E-state index in [1.54, 1.807) is 6.92 Å². The maximum atomic E-state index is 13.4. The molecule has 0 atom stereocenters. The summed E-state index contributed by atoms with van der Waals surface area (Å²) in [7, 11) is 0. The molecule has 0 spiro atoms. The molecule has 72 valence electrons. The number of halogens is 2. The number of benzene rings is 1. The molecule has 0 saturated carbocycles. The first-order valence-electron chi connectivity index (χ1n) is 4.27. The molecule has 0 heterocycles. The van der Waals surface area contributed by atoms with Gasteiger partial charge in [-0.1, -0.05) is 13.0 Å². The van der Waals surface area contributed by atoms with Crippen LogP contribution in [0.2, 0.25) is 0 Å². The maximum absolute atomic E-state index is 13.4. The SMILES string of the molecule is CCc1ccc(F)c(CCO)c1F. The Bertz CT molecular complexity index is 297. The second-order valence-corrected chi connectivity index (χ2v) is 2.83. The van der Waals surface area contributed by atoms with Crippen molar-refractivity contribution in [3.8, 4) is 0 Å². The topological polar surface area (TPSA) is 20.2 Å². The lowest BCUT2D eigenvalue weighted by Gasteiger charge is -2.06. The smallest absolute Gasteiger partial charge is 0.132 e. The summed E-state index contributed by atoms with van der Waals surface area (Å²) in [4.78, 5) is 0. The Morgan fingerprint density at radius 3 is 2.54 bits per heavy atom. The van der Waals surface area contributed by atoms with E-state index in [4.69, 9.17) is 5.11 Å². The highest BCUT2D eigenvalue weighted by atomic mass is 19.1. The van der Waals surface area contributed by atoms with E-state index in [1.807, 2.05) is 0 Å². The summed E-state index contributed by atoms with van der Waals surface area (Å²) in [6.45, 7) is 1.57. The summed E-state index contributed by atoms with van der Waals surface area (Å²) in [5.74, 6) is -1.10. The lowest BCUT2D eigenvalue weighted by molar-refractivity contribution is 0.295. The van der Waals surface area contributed by atoms with Crippen molar-refractivity contribution in [2.75, 3.05) is 6.61 Å². The third-order valence-electron chi connectivity index (χ3n) is 2.01. The van der Waals surface area contributed by atoms with Crippen molar-refractivity contribution < 1.29 is 13.9 Å². The molecule has 3 heteroatoms. The second kappa shape index (κ2) is 4.33. The lowest BCUT2D eigenvalue weighted by atomic mass is 10.0. The van der Waals surface area contributed by atoms with Crippen LogP contribution in [0.25, 0.3) is 0 Å². The number of aliphatic hydroxyl groups is 1. The average Bonchev–Trinajstić information content (AvgIpc) is 2.12. The first-order chi connectivity index (χ1) is 6.20. The van der Waals surface area contributed by atoms with E-state index in [9.17, 15) is 8.78 Å². The molecule has 0 aliphatic rings. The minimum absolute atomic E-state index is 0.0122. The van der Waals surface area contributed by atoms with Crippen LogP contribution in [0.3, 0.4) is 0 Å². The largest absolute Gasteiger partial charge is 0.396 e. The predicted octanol–water partition coefficient (Wildman–Crippen LogP) is 2.06. The first kappa shape index (κ1) is 10.1. The standard InChI is InChI=1S/C10H12F2O/c1-2-7-3-4-9(11)8(5-6-13)10(7)12/h3-4,13H,2,5-6H2,1H3.